The Morgan fingerprint density at radius 2 is 2.06 bits per heavy atom. The van der Waals surface area contributed by atoms with Gasteiger partial charge in [-0.1, -0.05) is 0 Å². The van der Waals surface area contributed by atoms with Crippen LogP contribution in [0.1, 0.15) is 30.0 Å². The van der Waals surface area contributed by atoms with Crippen LogP contribution in [0.5, 0.6) is 11.6 Å². The number of aromatic nitrogens is 3. The number of nitrogens with zero attached hydrogens (tertiary/aromatic N) is 3. The van der Waals surface area contributed by atoms with Gasteiger partial charge < -0.3 is 9.84 Å². The SMILES string of the molecule is Cc1nn(C)c(C)c1Oc1ccc(C(C)O)cn1. The summed E-state index contributed by atoms with van der Waals surface area (Å²) in [6.45, 7) is 5.54. The molecule has 0 saturated carbocycles. The topological polar surface area (TPSA) is 60.2 Å². The third-order valence-corrected chi connectivity index (χ3v) is 2.89. The Labute approximate surface area is 106 Å². The van der Waals surface area contributed by atoms with Gasteiger partial charge in [0, 0.05) is 19.3 Å². The van der Waals surface area contributed by atoms with Gasteiger partial charge in [-0.25, -0.2) is 4.98 Å². The van der Waals surface area contributed by atoms with Crippen LogP contribution in [0.4, 0.5) is 0 Å². The Hall–Kier alpha value is -1.88. The largest absolute Gasteiger partial charge is 0.435 e. The zero-order valence-electron chi connectivity index (χ0n) is 11.0. The molecule has 2 heterocycles. The molecule has 0 amide bonds. The van der Waals surface area contributed by atoms with Crippen molar-refractivity contribution in [2.45, 2.75) is 26.9 Å². The van der Waals surface area contributed by atoms with Crippen LogP contribution >= 0.6 is 0 Å². The number of ether oxygens (including phenoxy) is 1. The predicted octanol–water partition coefficient (Wildman–Crippen LogP) is 2.28. The molecule has 1 N–H and O–H groups in total. The van der Waals surface area contributed by atoms with Crippen molar-refractivity contribution in [3.05, 3.63) is 35.3 Å². The summed E-state index contributed by atoms with van der Waals surface area (Å²) in [5, 5.41) is 13.7. The van der Waals surface area contributed by atoms with E-state index in [0.29, 0.717) is 5.88 Å². The van der Waals surface area contributed by atoms with Crippen molar-refractivity contribution in [3.63, 3.8) is 0 Å². The second kappa shape index (κ2) is 4.78. The number of pyridine rings is 1. The van der Waals surface area contributed by atoms with Crippen LogP contribution in [0.3, 0.4) is 0 Å². The van der Waals surface area contributed by atoms with Crippen LogP contribution < -0.4 is 4.74 Å². The van der Waals surface area contributed by atoms with Gasteiger partial charge in [0.15, 0.2) is 5.75 Å². The molecule has 2 aromatic rings. The first-order valence-corrected chi connectivity index (χ1v) is 5.81. The van der Waals surface area contributed by atoms with E-state index in [0.717, 1.165) is 22.7 Å². The van der Waals surface area contributed by atoms with E-state index in [1.165, 1.54) is 0 Å². The van der Waals surface area contributed by atoms with Crippen LogP contribution in [0, 0.1) is 13.8 Å². The van der Waals surface area contributed by atoms with Crippen LogP contribution in [-0.2, 0) is 7.05 Å². The average molecular weight is 247 g/mol. The standard InChI is InChI=1S/C13H17N3O2/c1-8-13(9(2)16(4)15-8)18-12-6-5-11(7-14-12)10(3)17/h5-7,10,17H,1-4H3. The van der Waals surface area contributed by atoms with Crippen molar-refractivity contribution in [1.29, 1.82) is 0 Å². The zero-order valence-corrected chi connectivity index (χ0v) is 11.0. The molecule has 0 saturated heterocycles. The average Bonchev–Trinajstić information content (AvgIpc) is 2.57. The minimum absolute atomic E-state index is 0.499. The van der Waals surface area contributed by atoms with Gasteiger partial charge in [0.1, 0.15) is 5.69 Å². The molecule has 18 heavy (non-hydrogen) atoms. The number of aliphatic hydroxyl groups is 1. The highest BCUT2D eigenvalue weighted by Gasteiger charge is 2.12. The second-order valence-electron chi connectivity index (χ2n) is 4.33. The van der Waals surface area contributed by atoms with Crippen molar-refractivity contribution < 1.29 is 9.84 Å². The molecule has 2 rings (SSSR count). The van der Waals surface area contributed by atoms with Crippen LogP contribution in [0.15, 0.2) is 18.3 Å². The van der Waals surface area contributed by atoms with Gasteiger partial charge in [-0.15, -0.1) is 0 Å². The Bertz CT molecular complexity index is 544. The first-order valence-electron chi connectivity index (χ1n) is 5.81. The molecule has 0 aliphatic rings. The molecule has 96 valence electrons. The van der Waals surface area contributed by atoms with E-state index < -0.39 is 6.10 Å². The van der Waals surface area contributed by atoms with Crippen molar-refractivity contribution >= 4 is 0 Å². The highest BCUT2D eigenvalue weighted by molar-refractivity contribution is 5.35. The molecule has 1 atom stereocenters. The summed E-state index contributed by atoms with van der Waals surface area (Å²) in [5.41, 5.74) is 2.55. The maximum atomic E-state index is 9.40. The molecule has 0 fully saturated rings. The van der Waals surface area contributed by atoms with E-state index >= 15 is 0 Å². The highest BCUT2D eigenvalue weighted by atomic mass is 16.5. The summed E-state index contributed by atoms with van der Waals surface area (Å²) in [6.07, 6.45) is 1.09. The smallest absolute Gasteiger partial charge is 0.219 e. The van der Waals surface area contributed by atoms with Gasteiger partial charge in [-0.2, -0.15) is 5.10 Å². The van der Waals surface area contributed by atoms with E-state index in [1.54, 1.807) is 29.9 Å². The normalized spacial score (nSPS) is 12.5. The Balaban J connectivity index is 2.23. The van der Waals surface area contributed by atoms with Crippen molar-refractivity contribution in [3.8, 4) is 11.6 Å². The fourth-order valence-corrected chi connectivity index (χ4v) is 1.71. The lowest BCUT2D eigenvalue weighted by Gasteiger charge is -2.07. The summed E-state index contributed by atoms with van der Waals surface area (Å²) in [6, 6.07) is 3.54. The number of rotatable bonds is 3. The molecule has 0 radical (unpaired) electrons. The van der Waals surface area contributed by atoms with Gasteiger partial charge in [0.25, 0.3) is 0 Å². The second-order valence-corrected chi connectivity index (χ2v) is 4.33. The highest BCUT2D eigenvalue weighted by Crippen LogP contribution is 2.27. The lowest BCUT2D eigenvalue weighted by Crippen LogP contribution is -1.95. The first-order chi connectivity index (χ1) is 8.49. The van der Waals surface area contributed by atoms with Crippen LogP contribution in [0.25, 0.3) is 0 Å². The van der Waals surface area contributed by atoms with E-state index in [2.05, 4.69) is 10.1 Å². The summed E-state index contributed by atoms with van der Waals surface area (Å²) in [4.78, 5) is 4.17. The molecule has 0 spiro atoms. The van der Waals surface area contributed by atoms with E-state index in [4.69, 9.17) is 4.74 Å². The summed E-state index contributed by atoms with van der Waals surface area (Å²) in [5.74, 6) is 1.23. The fourth-order valence-electron chi connectivity index (χ4n) is 1.71. The van der Waals surface area contributed by atoms with Gasteiger partial charge in [0.05, 0.1) is 11.8 Å². The van der Waals surface area contributed by atoms with Crippen molar-refractivity contribution in [1.82, 2.24) is 14.8 Å². The zero-order chi connectivity index (χ0) is 13.3. The molecular formula is C13H17N3O2. The van der Waals surface area contributed by atoms with Crippen molar-refractivity contribution in [2.75, 3.05) is 0 Å². The lowest BCUT2D eigenvalue weighted by molar-refractivity contribution is 0.198. The van der Waals surface area contributed by atoms with E-state index in [9.17, 15) is 5.11 Å². The number of aryl methyl sites for hydroxylation is 2. The molecule has 0 aliphatic heterocycles. The third kappa shape index (κ3) is 2.36. The minimum atomic E-state index is -0.520. The van der Waals surface area contributed by atoms with Gasteiger partial charge >= 0.3 is 0 Å². The minimum Gasteiger partial charge on any atom is -0.435 e. The number of hydrogen-bond donors (Lipinski definition) is 1. The van der Waals surface area contributed by atoms with Crippen LogP contribution in [-0.4, -0.2) is 19.9 Å². The lowest BCUT2D eigenvalue weighted by atomic mass is 10.2. The fraction of sp³-hybridized carbons (Fsp3) is 0.385. The molecule has 0 aliphatic carbocycles. The van der Waals surface area contributed by atoms with Gasteiger partial charge in [-0.05, 0) is 32.4 Å². The Morgan fingerprint density at radius 3 is 2.50 bits per heavy atom. The van der Waals surface area contributed by atoms with Crippen molar-refractivity contribution in [2.24, 2.45) is 7.05 Å². The monoisotopic (exact) mass is 247 g/mol. The Morgan fingerprint density at radius 1 is 1.33 bits per heavy atom. The molecule has 5 heteroatoms. The first kappa shape index (κ1) is 12.6. The quantitative estimate of drug-likeness (QED) is 0.904. The van der Waals surface area contributed by atoms with Gasteiger partial charge in [-0.3, -0.25) is 4.68 Å². The molecule has 2 aromatic heterocycles. The molecule has 0 bridgehead atoms. The molecular weight excluding hydrogens is 230 g/mol. The summed E-state index contributed by atoms with van der Waals surface area (Å²) in [7, 11) is 1.87. The van der Waals surface area contributed by atoms with E-state index in [1.807, 2.05) is 20.9 Å². The molecule has 5 nitrogen and oxygen atoms in total. The Kier molecular flexibility index (Phi) is 3.34. The van der Waals surface area contributed by atoms with E-state index in [-0.39, 0.29) is 0 Å². The maximum Gasteiger partial charge on any atom is 0.219 e. The third-order valence-electron chi connectivity index (χ3n) is 2.89. The predicted molar refractivity (Wildman–Crippen MR) is 67.6 cm³/mol. The summed E-state index contributed by atoms with van der Waals surface area (Å²) < 4.78 is 7.49. The molecule has 1 unspecified atom stereocenters. The number of hydrogen-bond acceptors (Lipinski definition) is 4. The summed E-state index contributed by atoms with van der Waals surface area (Å²) >= 11 is 0. The maximum absolute atomic E-state index is 9.40. The molecule has 0 aromatic carbocycles. The number of aliphatic hydroxyl groups excluding tert-OH is 1. The van der Waals surface area contributed by atoms with Crippen LogP contribution in [0.2, 0.25) is 0 Å². The van der Waals surface area contributed by atoms with Gasteiger partial charge in [0.2, 0.25) is 5.88 Å².